The lowest BCUT2D eigenvalue weighted by Gasteiger charge is -2.72. The zero-order valence-electron chi connectivity index (χ0n) is 32.9. The van der Waals surface area contributed by atoms with E-state index in [2.05, 4.69) is 60.3 Å². The van der Waals surface area contributed by atoms with Gasteiger partial charge in [-0.2, -0.15) is 0 Å². The van der Waals surface area contributed by atoms with Crippen LogP contribution in [0.1, 0.15) is 136 Å². The summed E-state index contributed by atoms with van der Waals surface area (Å²) in [6.07, 6.45) is 17.3. The molecule has 51 heavy (non-hydrogen) atoms. The highest BCUT2D eigenvalue weighted by Gasteiger charge is 2.70. The molecule has 0 bridgehead atoms. The van der Waals surface area contributed by atoms with Crippen LogP contribution in [0.5, 0.6) is 0 Å². The minimum atomic E-state index is -0.993. The van der Waals surface area contributed by atoms with Crippen LogP contribution in [0.3, 0.4) is 0 Å². The van der Waals surface area contributed by atoms with Gasteiger partial charge in [-0.25, -0.2) is 4.79 Å². The Labute approximate surface area is 308 Å². The average Bonchev–Trinajstić information content (AvgIpc) is 3.46. The van der Waals surface area contributed by atoms with E-state index >= 15 is 0 Å². The molecule has 3 N–H and O–H groups in total. The summed E-state index contributed by atoms with van der Waals surface area (Å²) in [6, 6.07) is 9.11. The standard InChI is InChI=1S/C46H67NO4/c1-9-50-40(49)45(29-51-39(48)32-13-11-10-12-14-32)24-17-31(18-25-45)34-20-22-42(6)36(41(34,4)5)21-23-44(8)37(42)16-15-35-38-33(30(2)3)19-26-46(38,47)28-27-43(35,44)7/h10-14,17,20,33,35-38,40,49H,2,9,15-16,18-19,21-29,47H2,1,3-8H3/t33-,35+,36-,37+,38+,40?,42-,43+,44+,45-,46-/m0/s1. The Bertz CT molecular complexity index is 1580. The molecule has 0 amide bonds. The molecule has 0 aliphatic heterocycles. The molecule has 0 heterocycles. The molecule has 11 atom stereocenters. The number of nitrogens with two attached hydrogens (primary N) is 1. The maximum Gasteiger partial charge on any atom is 0.338 e. The minimum absolute atomic E-state index is 0.00384. The van der Waals surface area contributed by atoms with Crippen molar-refractivity contribution < 1.29 is 19.4 Å². The van der Waals surface area contributed by atoms with Gasteiger partial charge in [0, 0.05) is 12.1 Å². The Morgan fingerprint density at radius 2 is 1.67 bits per heavy atom. The lowest BCUT2D eigenvalue weighted by atomic mass is 9.33. The third-order valence-corrected chi connectivity index (χ3v) is 17.1. The molecule has 4 fully saturated rings. The summed E-state index contributed by atoms with van der Waals surface area (Å²) in [4.78, 5) is 12.9. The minimum Gasteiger partial charge on any atom is -0.461 e. The summed E-state index contributed by atoms with van der Waals surface area (Å²) in [7, 11) is 0. The predicted molar refractivity (Wildman–Crippen MR) is 206 cm³/mol. The number of hydrogen-bond acceptors (Lipinski definition) is 5. The molecule has 0 saturated heterocycles. The molecule has 6 aliphatic rings. The monoisotopic (exact) mass is 698 g/mol. The number of aliphatic hydroxyl groups excluding tert-OH is 1. The molecule has 6 aliphatic carbocycles. The highest BCUT2D eigenvalue weighted by molar-refractivity contribution is 5.89. The van der Waals surface area contributed by atoms with Crippen molar-refractivity contribution >= 4 is 5.97 Å². The molecular formula is C46H67NO4. The van der Waals surface area contributed by atoms with Gasteiger partial charge in [0.15, 0.2) is 6.29 Å². The fraction of sp³-hybridized carbons (Fsp3) is 0.717. The van der Waals surface area contributed by atoms with Crippen LogP contribution in [-0.2, 0) is 9.47 Å². The number of hydrogen-bond donors (Lipinski definition) is 2. The van der Waals surface area contributed by atoms with E-state index < -0.39 is 11.7 Å². The molecule has 0 spiro atoms. The van der Waals surface area contributed by atoms with Crippen molar-refractivity contribution in [2.45, 2.75) is 137 Å². The van der Waals surface area contributed by atoms with Gasteiger partial charge in [-0.05, 0) is 165 Å². The van der Waals surface area contributed by atoms with E-state index in [4.69, 9.17) is 15.2 Å². The van der Waals surface area contributed by atoms with Gasteiger partial charge in [-0.15, -0.1) is 0 Å². The van der Waals surface area contributed by atoms with E-state index in [0.29, 0.717) is 65.4 Å². The number of esters is 1. The quantitative estimate of drug-likeness (QED) is 0.161. The van der Waals surface area contributed by atoms with E-state index in [9.17, 15) is 9.90 Å². The van der Waals surface area contributed by atoms with Crippen molar-refractivity contribution in [2.75, 3.05) is 13.2 Å². The van der Waals surface area contributed by atoms with Gasteiger partial charge in [0.1, 0.15) is 6.61 Å². The van der Waals surface area contributed by atoms with Gasteiger partial charge in [0.05, 0.1) is 11.0 Å². The van der Waals surface area contributed by atoms with E-state index in [1.807, 2.05) is 25.1 Å². The first kappa shape index (κ1) is 37.1. The first-order valence-corrected chi connectivity index (χ1v) is 20.4. The number of rotatable bonds is 8. The molecule has 5 nitrogen and oxygen atoms in total. The highest BCUT2D eigenvalue weighted by Crippen LogP contribution is 2.76. The van der Waals surface area contributed by atoms with Crippen molar-refractivity contribution in [1.82, 2.24) is 0 Å². The van der Waals surface area contributed by atoms with Crippen LogP contribution in [0, 0.1) is 56.7 Å². The second-order valence-electron chi connectivity index (χ2n) is 19.5. The van der Waals surface area contributed by atoms with E-state index in [0.717, 1.165) is 12.8 Å². The van der Waals surface area contributed by atoms with Gasteiger partial charge >= 0.3 is 5.97 Å². The van der Waals surface area contributed by atoms with Crippen molar-refractivity contribution in [3.8, 4) is 0 Å². The number of carbonyl (C=O) groups is 1. The maximum atomic E-state index is 12.9. The van der Waals surface area contributed by atoms with Gasteiger partial charge in [-0.3, -0.25) is 0 Å². The van der Waals surface area contributed by atoms with Crippen LogP contribution in [0.4, 0.5) is 0 Å². The zero-order valence-corrected chi connectivity index (χ0v) is 32.9. The predicted octanol–water partition coefficient (Wildman–Crippen LogP) is 10.2. The molecule has 280 valence electrons. The number of benzene rings is 1. The second-order valence-corrected chi connectivity index (χ2v) is 19.5. The Balaban J connectivity index is 1.13. The molecule has 1 aromatic carbocycles. The van der Waals surface area contributed by atoms with Gasteiger partial charge in [0.25, 0.3) is 0 Å². The molecular weight excluding hydrogens is 631 g/mol. The van der Waals surface area contributed by atoms with Crippen LogP contribution in [0.25, 0.3) is 0 Å². The number of carbonyl (C=O) groups excluding carboxylic acids is 1. The second kappa shape index (κ2) is 13.0. The molecule has 4 saturated carbocycles. The smallest absolute Gasteiger partial charge is 0.338 e. The maximum absolute atomic E-state index is 12.9. The van der Waals surface area contributed by atoms with Crippen LogP contribution in [0.15, 0.2) is 65.8 Å². The number of allylic oxidation sites excluding steroid dienone is 5. The molecule has 0 radical (unpaired) electrons. The largest absolute Gasteiger partial charge is 0.461 e. The topological polar surface area (TPSA) is 81.8 Å². The summed E-state index contributed by atoms with van der Waals surface area (Å²) < 4.78 is 11.7. The molecule has 1 unspecified atom stereocenters. The summed E-state index contributed by atoms with van der Waals surface area (Å²) in [5.41, 5.74) is 12.4. The zero-order chi connectivity index (χ0) is 36.6. The van der Waals surface area contributed by atoms with Crippen molar-refractivity contribution in [1.29, 1.82) is 0 Å². The Kier molecular flexibility index (Phi) is 9.45. The number of aliphatic hydroxyl groups is 1. The van der Waals surface area contributed by atoms with Gasteiger partial charge < -0.3 is 20.3 Å². The number of fused-ring (bicyclic) bond motifs is 7. The van der Waals surface area contributed by atoms with Crippen molar-refractivity contribution in [3.63, 3.8) is 0 Å². The highest BCUT2D eigenvalue weighted by atomic mass is 16.6. The molecule has 1 aromatic rings. The normalized spacial score (nSPS) is 43.4. The fourth-order valence-electron chi connectivity index (χ4n) is 14.1. The Morgan fingerprint density at radius 1 is 0.922 bits per heavy atom. The van der Waals surface area contributed by atoms with Crippen molar-refractivity contribution in [2.24, 2.45) is 62.4 Å². The lowest BCUT2D eigenvalue weighted by Crippen LogP contribution is -2.67. The van der Waals surface area contributed by atoms with E-state index in [1.165, 1.54) is 68.1 Å². The Morgan fingerprint density at radius 3 is 2.33 bits per heavy atom. The number of ether oxygens (including phenoxy) is 2. The van der Waals surface area contributed by atoms with Crippen LogP contribution < -0.4 is 5.73 Å². The van der Waals surface area contributed by atoms with Crippen molar-refractivity contribution in [3.05, 3.63) is 71.3 Å². The van der Waals surface area contributed by atoms with Gasteiger partial charge in [-0.1, -0.05) is 77.1 Å². The summed E-state index contributed by atoms with van der Waals surface area (Å²) in [5, 5.41) is 11.3. The lowest BCUT2D eigenvalue weighted by molar-refractivity contribution is -0.219. The Hall–Kier alpha value is -2.21. The fourth-order valence-corrected chi connectivity index (χ4v) is 14.1. The first-order valence-electron chi connectivity index (χ1n) is 20.4. The van der Waals surface area contributed by atoms with Crippen LogP contribution in [0.2, 0.25) is 0 Å². The first-order chi connectivity index (χ1) is 24.1. The average molecular weight is 698 g/mol. The molecule has 7 rings (SSSR count). The van der Waals surface area contributed by atoms with E-state index in [1.54, 1.807) is 12.1 Å². The summed E-state index contributed by atoms with van der Waals surface area (Å²) in [5.74, 6) is 2.81. The van der Waals surface area contributed by atoms with Crippen LogP contribution >= 0.6 is 0 Å². The van der Waals surface area contributed by atoms with Gasteiger partial charge in [0.2, 0.25) is 0 Å². The van der Waals surface area contributed by atoms with Crippen LogP contribution in [-0.4, -0.2) is 36.1 Å². The summed E-state index contributed by atoms with van der Waals surface area (Å²) in [6.45, 7) is 22.3. The summed E-state index contributed by atoms with van der Waals surface area (Å²) >= 11 is 0. The third kappa shape index (κ3) is 5.60. The third-order valence-electron chi connectivity index (χ3n) is 17.1. The molecule has 5 heteroatoms. The molecule has 0 aromatic heterocycles. The SMILES string of the molecule is C=C(C)[C@@H]1CC[C@]2(N)CC[C@]3(C)[C@H](CC[C@@H]4[C@@]5(C)CC=C(C6=CC[C@](COC(=O)c7ccccc7)(C(O)OCC)CC6)C(C)(C)[C@@H]5CC[C@]43C)[C@@H]12. The van der Waals surface area contributed by atoms with E-state index in [-0.39, 0.29) is 28.9 Å².